The van der Waals surface area contributed by atoms with Gasteiger partial charge in [-0.25, -0.2) is 0 Å². The molecule has 0 amide bonds. The summed E-state index contributed by atoms with van der Waals surface area (Å²) in [6, 6.07) is 0. The zero-order chi connectivity index (χ0) is 8.41. The molecule has 0 saturated heterocycles. The summed E-state index contributed by atoms with van der Waals surface area (Å²) in [4.78, 5) is 0. The third-order valence-corrected chi connectivity index (χ3v) is 1.45. The number of hydrogen-bond acceptors (Lipinski definition) is 1. The van der Waals surface area contributed by atoms with Crippen molar-refractivity contribution in [2.75, 3.05) is 6.61 Å². The standard InChI is InChI=1S/C3H2ClF4O.Zn/c4-2(5,1-9)3(6,7)8;/h1H2;/q-1;+1. The van der Waals surface area contributed by atoms with E-state index in [-0.39, 0.29) is 18.7 Å². The van der Waals surface area contributed by atoms with Crippen LogP contribution in [0.2, 0.25) is 0 Å². The monoisotopic (exact) mass is 229 g/mol. The Morgan fingerprint density at radius 2 is 1.70 bits per heavy atom. The number of hydrogen-bond donors (Lipinski definition) is 0. The van der Waals surface area contributed by atoms with Crippen molar-refractivity contribution in [1.82, 2.24) is 0 Å². The van der Waals surface area contributed by atoms with Crippen LogP contribution in [0.5, 0.6) is 0 Å². The van der Waals surface area contributed by atoms with Gasteiger partial charge in [-0.2, -0.15) is 0 Å². The molecule has 0 aliphatic heterocycles. The van der Waals surface area contributed by atoms with E-state index in [4.69, 9.17) is 0 Å². The topological polar surface area (TPSA) is 9.23 Å². The van der Waals surface area contributed by atoms with Crippen molar-refractivity contribution >= 4 is 11.6 Å². The molecule has 0 rings (SSSR count). The van der Waals surface area contributed by atoms with Crippen molar-refractivity contribution in [3.05, 3.63) is 0 Å². The van der Waals surface area contributed by atoms with Crippen molar-refractivity contribution in [3.8, 4) is 0 Å². The molecule has 10 heavy (non-hydrogen) atoms. The zero-order valence-corrected chi connectivity index (χ0v) is 8.44. The third kappa shape index (κ3) is 2.68. The Hall–Kier alpha value is 0.593. The van der Waals surface area contributed by atoms with Gasteiger partial charge < -0.3 is 0 Å². The average Bonchev–Trinajstić information content (AvgIpc) is 1.61. The van der Waals surface area contributed by atoms with Gasteiger partial charge in [0.05, 0.1) is 0 Å². The predicted octanol–water partition coefficient (Wildman–Crippen LogP) is 1.93. The van der Waals surface area contributed by atoms with Crippen LogP contribution in [0.1, 0.15) is 0 Å². The van der Waals surface area contributed by atoms with Crippen LogP contribution >= 0.6 is 11.6 Å². The minimum atomic E-state index is -5.06. The minimum absolute atomic E-state index is 0.120. The van der Waals surface area contributed by atoms with Gasteiger partial charge in [-0.05, 0) is 0 Å². The summed E-state index contributed by atoms with van der Waals surface area (Å²) in [6.45, 7) is -1.14. The van der Waals surface area contributed by atoms with Gasteiger partial charge in [0.15, 0.2) is 0 Å². The molecule has 0 radical (unpaired) electrons. The number of alkyl halides is 5. The second-order valence-corrected chi connectivity index (χ2v) is 3.01. The molecule has 0 N–H and O–H groups in total. The van der Waals surface area contributed by atoms with Crippen LogP contribution in [0.15, 0.2) is 0 Å². The Kier molecular flexibility index (Phi) is 3.52. The van der Waals surface area contributed by atoms with E-state index in [2.05, 4.69) is 15.2 Å². The van der Waals surface area contributed by atoms with E-state index < -0.39 is 17.9 Å². The van der Waals surface area contributed by atoms with Gasteiger partial charge in [-0.1, -0.05) is 0 Å². The summed E-state index contributed by atoms with van der Waals surface area (Å²) in [5, 5.41) is -3.73. The van der Waals surface area contributed by atoms with E-state index in [1.54, 1.807) is 0 Å². The second kappa shape index (κ2) is 3.33. The fraction of sp³-hybridized carbons (Fsp3) is 1.00. The molecule has 1 nitrogen and oxygen atoms in total. The van der Waals surface area contributed by atoms with Crippen LogP contribution in [0.4, 0.5) is 17.6 Å². The molecule has 0 aliphatic carbocycles. The van der Waals surface area contributed by atoms with Crippen LogP contribution < -0.4 is 0 Å². The summed E-state index contributed by atoms with van der Waals surface area (Å²) in [5.74, 6) is 0. The number of rotatable bonds is 2. The molecule has 0 aromatic heterocycles. The molecule has 1 unspecified atom stereocenters. The SMILES string of the molecule is FC(F)(F)C(F)(Cl)C[O][Zn]. The molecule has 0 heterocycles. The molecule has 57 valence electrons. The van der Waals surface area contributed by atoms with Gasteiger partial charge in [-0.15, -0.1) is 0 Å². The Balaban J connectivity index is 4.10. The maximum atomic E-state index is 12.1. The van der Waals surface area contributed by atoms with Gasteiger partial charge >= 0.3 is 69.3 Å². The predicted molar refractivity (Wildman–Crippen MR) is 21.7 cm³/mol. The van der Waals surface area contributed by atoms with Gasteiger partial charge in [-0.3, -0.25) is 0 Å². The molecular weight excluding hydrogens is 229 g/mol. The van der Waals surface area contributed by atoms with E-state index in [0.29, 0.717) is 0 Å². The van der Waals surface area contributed by atoms with E-state index in [9.17, 15) is 17.6 Å². The van der Waals surface area contributed by atoms with E-state index in [1.165, 1.54) is 0 Å². The van der Waals surface area contributed by atoms with Crippen molar-refractivity contribution in [2.24, 2.45) is 0 Å². The molecule has 0 saturated carbocycles. The zero-order valence-electron chi connectivity index (χ0n) is 4.71. The van der Waals surface area contributed by atoms with Gasteiger partial charge in [0.2, 0.25) is 0 Å². The van der Waals surface area contributed by atoms with Crippen LogP contribution in [0.25, 0.3) is 0 Å². The first-order valence-corrected chi connectivity index (χ1v) is 3.72. The average molecular weight is 231 g/mol. The normalized spacial score (nSPS) is 18.7. The molecule has 0 spiro atoms. The Morgan fingerprint density at radius 1 is 1.30 bits per heavy atom. The molecule has 0 fully saturated rings. The molecule has 0 aromatic carbocycles. The van der Waals surface area contributed by atoms with Crippen molar-refractivity contribution in [2.45, 2.75) is 11.3 Å². The third-order valence-electron chi connectivity index (χ3n) is 0.698. The Morgan fingerprint density at radius 3 is 1.80 bits per heavy atom. The summed E-state index contributed by atoms with van der Waals surface area (Å²) in [7, 11) is 0. The van der Waals surface area contributed by atoms with Gasteiger partial charge in [0.1, 0.15) is 0 Å². The molecule has 7 heteroatoms. The fourth-order valence-corrected chi connectivity index (χ4v) is 1.15. The fourth-order valence-electron chi connectivity index (χ4n) is 0.210. The van der Waals surface area contributed by atoms with Crippen LogP contribution in [-0.2, 0) is 22.2 Å². The molecule has 0 aliphatic rings. The van der Waals surface area contributed by atoms with Gasteiger partial charge in [0, 0.05) is 0 Å². The van der Waals surface area contributed by atoms with Crippen LogP contribution in [0, 0.1) is 0 Å². The Labute approximate surface area is 69.8 Å². The summed E-state index contributed by atoms with van der Waals surface area (Å²) < 4.78 is 50.5. The molecule has 0 aromatic rings. The molecule has 0 bridgehead atoms. The van der Waals surface area contributed by atoms with E-state index >= 15 is 0 Å². The Bertz CT molecular complexity index is 114. The summed E-state index contributed by atoms with van der Waals surface area (Å²) in [6.07, 6.45) is -5.06. The molecule has 1 atom stereocenters. The van der Waals surface area contributed by atoms with Gasteiger partial charge in [0.25, 0.3) is 0 Å². The van der Waals surface area contributed by atoms with Crippen molar-refractivity contribution in [3.63, 3.8) is 0 Å². The van der Waals surface area contributed by atoms with E-state index in [1.807, 2.05) is 0 Å². The van der Waals surface area contributed by atoms with Crippen LogP contribution in [-0.4, -0.2) is 17.9 Å². The maximum absolute atomic E-state index is 12.1. The number of halogens is 5. The van der Waals surface area contributed by atoms with Crippen molar-refractivity contribution < 1.29 is 39.8 Å². The van der Waals surface area contributed by atoms with Crippen molar-refractivity contribution in [1.29, 1.82) is 0 Å². The first-order chi connectivity index (χ1) is 4.31. The first-order valence-electron chi connectivity index (χ1n) is 2.13. The first kappa shape index (κ1) is 10.6. The quantitative estimate of drug-likeness (QED) is 0.400. The second-order valence-electron chi connectivity index (χ2n) is 1.55. The summed E-state index contributed by atoms with van der Waals surface area (Å²) >= 11 is 4.54. The van der Waals surface area contributed by atoms with Crippen LogP contribution in [0.3, 0.4) is 0 Å². The molecular formula is C3H2ClF4OZn. The van der Waals surface area contributed by atoms with E-state index in [0.717, 1.165) is 0 Å². The summed E-state index contributed by atoms with van der Waals surface area (Å²) in [5.41, 5.74) is 0.